The SMILES string of the molecule is NC(=O)OC[C@@H](Cc1ccccc1)c1nnc(C(N)=O)o1. The molecule has 0 fully saturated rings. The molecule has 0 bridgehead atoms. The quantitative estimate of drug-likeness (QED) is 0.799. The zero-order chi connectivity index (χ0) is 15.2. The number of hydrogen-bond donors (Lipinski definition) is 2. The number of primary amides is 2. The molecule has 21 heavy (non-hydrogen) atoms. The Bertz CT molecular complexity index is 626. The van der Waals surface area contributed by atoms with Gasteiger partial charge in [0, 0.05) is 0 Å². The maximum Gasteiger partial charge on any atom is 0.404 e. The van der Waals surface area contributed by atoms with E-state index in [9.17, 15) is 9.59 Å². The lowest BCUT2D eigenvalue weighted by atomic mass is 10.00. The van der Waals surface area contributed by atoms with E-state index in [-0.39, 0.29) is 18.4 Å². The monoisotopic (exact) mass is 290 g/mol. The third-order valence-electron chi connectivity index (χ3n) is 2.75. The molecule has 0 radical (unpaired) electrons. The number of benzene rings is 1. The van der Waals surface area contributed by atoms with Crippen molar-refractivity contribution in [3.05, 3.63) is 47.7 Å². The van der Waals surface area contributed by atoms with Crippen molar-refractivity contribution in [1.29, 1.82) is 0 Å². The van der Waals surface area contributed by atoms with Gasteiger partial charge in [-0.15, -0.1) is 10.2 Å². The Balaban J connectivity index is 2.17. The van der Waals surface area contributed by atoms with Gasteiger partial charge in [0.1, 0.15) is 6.61 Å². The highest BCUT2D eigenvalue weighted by atomic mass is 16.5. The van der Waals surface area contributed by atoms with Gasteiger partial charge in [0.25, 0.3) is 0 Å². The predicted octanol–water partition coefficient (Wildman–Crippen LogP) is 0.590. The molecule has 8 heteroatoms. The number of nitrogens with zero attached hydrogens (tertiary/aromatic N) is 2. The number of aromatic nitrogens is 2. The number of nitrogens with two attached hydrogens (primary N) is 2. The summed E-state index contributed by atoms with van der Waals surface area (Å²) in [5.41, 5.74) is 11.0. The smallest absolute Gasteiger partial charge is 0.404 e. The molecular formula is C13H14N4O4. The fraction of sp³-hybridized carbons (Fsp3) is 0.231. The second kappa shape index (κ2) is 6.51. The lowest BCUT2D eigenvalue weighted by Gasteiger charge is -2.12. The standard InChI is InChI=1S/C13H14N4O4/c14-10(18)12-17-16-11(21-12)9(7-20-13(15)19)6-8-4-2-1-3-5-8/h1-5,9H,6-7H2,(H2,14,18)(H2,15,19)/t9-/m1/s1. The van der Waals surface area contributed by atoms with Crippen LogP contribution in [0.1, 0.15) is 28.1 Å². The van der Waals surface area contributed by atoms with Gasteiger partial charge in [-0.25, -0.2) is 4.79 Å². The maximum atomic E-state index is 11.0. The van der Waals surface area contributed by atoms with Crippen LogP contribution in [0.3, 0.4) is 0 Å². The number of carbonyl (C=O) groups is 2. The lowest BCUT2D eigenvalue weighted by molar-refractivity contribution is 0.0961. The van der Waals surface area contributed by atoms with Crippen molar-refractivity contribution in [1.82, 2.24) is 10.2 Å². The van der Waals surface area contributed by atoms with Crippen molar-refractivity contribution in [2.24, 2.45) is 11.5 Å². The predicted molar refractivity (Wildman–Crippen MR) is 71.2 cm³/mol. The molecule has 4 N–H and O–H groups in total. The number of rotatable bonds is 6. The lowest BCUT2D eigenvalue weighted by Crippen LogP contribution is -2.19. The molecule has 0 saturated heterocycles. The number of amides is 2. The summed E-state index contributed by atoms with van der Waals surface area (Å²) in [6, 6.07) is 9.45. The first kappa shape index (κ1) is 14.5. The van der Waals surface area contributed by atoms with Crippen molar-refractivity contribution < 1.29 is 18.7 Å². The molecule has 0 aliphatic carbocycles. The van der Waals surface area contributed by atoms with E-state index < -0.39 is 17.9 Å². The van der Waals surface area contributed by atoms with Crippen molar-refractivity contribution in [3.8, 4) is 0 Å². The number of ether oxygens (including phenoxy) is 1. The summed E-state index contributed by atoms with van der Waals surface area (Å²) in [7, 11) is 0. The molecule has 1 aromatic carbocycles. The van der Waals surface area contributed by atoms with E-state index in [1.54, 1.807) is 0 Å². The Morgan fingerprint density at radius 2 is 1.90 bits per heavy atom. The summed E-state index contributed by atoms with van der Waals surface area (Å²) in [6.07, 6.45) is -0.420. The molecule has 0 aliphatic rings. The Kier molecular flexibility index (Phi) is 4.50. The third kappa shape index (κ3) is 4.03. The van der Waals surface area contributed by atoms with Crippen molar-refractivity contribution in [2.45, 2.75) is 12.3 Å². The van der Waals surface area contributed by atoms with Gasteiger partial charge in [-0.3, -0.25) is 4.79 Å². The molecule has 0 saturated carbocycles. The van der Waals surface area contributed by atoms with Crippen molar-refractivity contribution in [2.75, 3.05) is 6.61 Å². The topological polar surface area (TPSA) is 134 Å². The van der Waals surface area contributed by atoms with Crippen molar-refractivity contribution >= 4 is 12.0 Å². The van der Waals surface area contributed by atoms with E-state index >= 15 is 0 Å². The zero-order valence-electron chi connectivity index (χ0n) is 11.1. The van der Waals surface area contributed by atoms with Gasteiger partial charge in [0.2, 0.25) is 5.89 Å². The van der Waals surface area contributed by atoms with Crippen LogP contribution in [-0.2, 0) is 11.2 Å². The molecule has 1 heterocycles. The van der Waals surface area contributed by atoms with Gasteiger partial charge in [0.15, 0.2) is 0 Å². The van der Waals surface area contributed by atoms with Crippen LogP contribution in [0.2, 0.25) is 0 Å². The second-order valence-corrected chi connectivity index (χ2v) is 4.33. The minimum absolute atomic E-state index is 0.0371. The minimum Gasteiger partial charge on any atom is -0.449 e. The van der Waals surface area contributed by atoms with E-state index in [4.69, 9.17) is 20.6 Å². The Morgan fingerprint density at radius 1 is 1.19 bits per heavy atom. The highest BCUT2D eigenvalue weighted by Crippen LogP contribution is 2.20. The van der Waals surface area contributed by atoms with Gasteiger partial charge >= 0.3 is 17.9 Å². The molecule has 2 amide bonds. The van der Waals surface area contributed by atoms with Crippen molar-refractivity contribution in [3.63, 3.8) is 0 Å². The summed E-state index contributed by atoms with van der Waals surface area (Å²) < 4.78 is 9.98. The highest BCUT2D eigenvalue weighted by Gasteiger charge is 2.22. The van der Waals surface area contributed by atoms with Gasteiger partial charge in [-0.1, -0.05) is 30.3 Å². The highest BCUT2D eigenvalue weighted by molar-refractivity contribution is 5.87. The molecule has 0 unspecified atom stereocenters. The molecule has 8 nitrogen and oxygen atoms in total. The second-order valence-electron chi connectivity index (χ2n) is 4.33. The molecule has 0 aliphatic heterocycles. The van der Waals surface area contributed by atoms with E-state index in [0.29, 0.717) is 6.42 Å². The first-order valence-corrected chi connectivity index (χ1v) is 6.15. The van der Waals surface area contributed by atoms with Crippen LogP contribution in [0.5, 0.6) is 0 Å². The van der Waals surface area contributed by atoms with E-state index in [0.717, 1.165) is 5.56 Å². The van der Waals surface area contributed by atoms with Crippen LogP contribution >= 0.6 is 0 Å². The fourth-order valence-electron chi connectivity index (χ4n) is 1.80. The fourth-order valence-corrected chi connectivity index (χ4v) is 1.80. The van der Waals surface area contributed by atoms with Gasteiger partial charge in [0.05, 0.1) is 5.92 Å². The van der Waals surface area contributed by atoms with Crippen LogP contribution in [0, 0.1) is 0 Å². The van der Waals surface area contributed by atoms with Crippen LogP contribution in [0.4, 0.5) is 4.79 Å². The zero-order valence-corrected chi connectivity index (χ0v) is 11.1. The average Bonchev–Trinajstić information content (AvgIpc) is 2.94. The molecule has 110 valence electrons. The Hall–Kier alpha value is -2.90. The van der Waals surface area contributed by atoms with Crippen LogP contribution in [0.15, 0.2) is 34.7 Å². The molecule has 1 atom stereocenters. The summed E-state index contributed by atoms with van der Waals surface area (Å²) in [6.45, 7) is -0.0371. The van der Waals surface area contributed by atoms with Gasteiger partial charge < -0.3 is 20.6 Å². The Labute approximate surface area is 120 Å². The number of hydrogen-bond acceptors (Lipinski definition) is 6. The summed E-state index contributed by atoms with van der Waals surface area (Å²) >= 11 is 0. The van der Waals surface area contributed by atoms with Crippen LogP contribution in [0.25, 0.3) is 0 Å². The normalized spacial score (nSPS) is 11.8. The molecular weight excluding hydrogens is 276 g/mol. The number of carbonyl (C=O) groups excluding carboxylic acids is 2. The van der Waals surface area contributed by atoms with Crippen LogP contribution < -0.4 is 11.5 Å². The van der Waals surface area contributed by atoms with Crippen LogP contribution in [-0.4, -0.2) is 28.8 Å². The molecule has 2 aromatic rings. The minimum atomic E-state index is -0.900. The van der Waals surface area contributed by atoms with E-state index in [1.165, 1.54) is 0 Å². The summed E-state index contributed by atoms with van der Waals surface area (Å²) in [5, 5.41) is 7.30. The molecule has 2 rings (SSSR count). The maximum absolute atomic E-state index is 11.0. The average molecular weight is 290 g/mol. The molecule has 0 spiro atoms. The first-order chi connectivity index (χ1) is 10.1. The van der Waals surface area contributed by atoms with E-state index in [2.05, 4.69) is 10.2 Å². The Morgan fingerprint density at radius 3 is 2.48 bits per heavy atom. The largest absolute Gasteiger partial charge is 0.449 e. The van der Waals surface area contributed by atoms with E-state index in [1.807, 2.05) is 30.3 Å². The summed E-state index contributed by atoms with van der Waals surface area (Å²) in [4.78, 5) is 21.7. The molecule has 1 aromatic heterocycles. The van der Waals surface area contributed by atoms with Gasteiger partial charge in [-0.2, -0.15) is 0 Å². The first-order valence-electron chi connectivity index (χ1n) is 6.15. The van der Waals surface area contributed by atoms with Gasteiger partial charge in [-0.05, 0) is 12.0 Å². The third-order valence-corrected chi connectivity index (χ3v) is 2.75. The summed E-state index contributed by atoms with van der Waals surface area (Å²) in [5.74, 6) is -1.36.